The molecular weight excluding hydrogens is 725 g/mol. The fourth-order valence-corrected chi connectivity index (χ4v) is 9.93. The summed E-state index contributed by atoms with van der Waals surface area (Å²) in [4.78, 5) is 5.02. The van der Waals surface area contributed by atoms with E-state index in [9.17, 15) is 0 Å². The molecule has 0 unspecified atom stereocenters. The maximum atomic E-state index is 3.46. The lowest BCUT2D eigenvalue weighted by molar-refractivity contribution is 0.813. The highest BCUT2D eigenvalue weighted by molar-refractivity contribution is 6.09. The molecule has 10 aromatic carbocycles. The van der Waals surface area contributed by atoms with Crippen molar-refractivity contribution in [1.82, 2.24) is 0 Å². The van der Waals surface area contributed by atoms with Gasteiger partial charge in [-0.2, -0.15) is 0 Å². The third-order valence-corrected chi connectivity index (χ3v) is 12.8. The van der Waals surface area contributed by atoms with Crippen molar-refractivity contribution < 1.29 is 0 Å². The zero-order valence-electron chi connectivity index (χ0n) is 33.2. The van der Waals surface area contributed by atoms with Crippen LogP contribution in [0.5, 0.6) is 0 Å². The summed E-state index contributed by atoms with van der Waals surface area (Å²) in [6.07, 6.45) is 0. The van der Waals surface area contributed by atoms with E-state index >= 15 is 0 Å². The Morgan fingerprint density at radius 2 is 0.533 bits per heavy atom. The van der Waals surface area contributed by atoms with Crippen LogP contribution in [0.3, 0.4) is 0 Å². The Kier molecular flexibility index (Phi) is 8.06. The van der Waals surface area contributed by atoms with Gasteiger partial charge in [-0.1, -0.05) is 157 Å². The molecule has 2 heterocycles. The summed E-state index contributed by atoms with van der Waals surface area (Å²) in [6.45, 7) is 3.34. The second-order valence-corrected chi connectivity index (χ2v) is 16.3. The summed E-state index contributed by atoms with van der Waals surface area (Å²) in [5.41, 5.74) is 15.3. The van der Waals surface area contributed by atoms with E-state index in [-0.39, 0.29) is 0 Å². The van der Waals surface area contributed by atoms with E-state index in [1.165, 1.54) is 99.0 Å². The van der Waals surface area contributed by atoms with Crippen LogP contribution in [0.4, 0.5) is 11.4 Å². The van der Waals surface area contributed by atoms with Gasteiger partial charge >= 0.3 is 0 Å². The van der Waals surface area contributed by atoms with Crippen LogP contribution in [0.15, 0.2) is 194 Å². The molecule has 282 valence electrons. The maximum Gasteiger partial charge on any atom is 0.0439 e. The molecule has 2 aliphatic heterocycles. The second-order valence-electron chi connectivity index (χ2n) is 16.3. The molecule has 0 bridgehead atoms. The van der Waals surface area contributed by atoms with Crippen molar-refractivity contribution in [1.29, 1.82) is 0 Å². The first kappa shape index (κ1) is 34.4. The molecule has 2 aliphatic rings. The summed E-state index contributed by atoms with van der Waals surface area (Å²) in [6, 6.07) is 71.4. The third-order valence-electron chi connectivity index (χ3n) is 12.8. The Morgan fingerprint density at radius 3 is 0.817 bits per heavy atom. The molecule has 0 aromatic heterocycles. The molecule has 0 saturated carbocycles. The molecule has 0 spiro atoms. The molecular formula is C58H40N2. The molecule has 2 nitrogen and oxygen atoms in total. The summed E-state index contributed by atoms with van der Waals surface area (Å²) in [7, 11) is 0. The number of benzene rings is 10. The van der Waals surface area contributed by atoms with Gasteiger partial charge in [0.25, 0.3) is 0 Å². The molecule has 10 aromatic rings. The monoisotopic (exact) mass is 764 g/mol. The van der Waals surface area contributed by atoms with Crippen molar-refractivity contribution >= 4 is 54.5 Å². The lowest BCUT2D eigenvalue weighted by atomic mass is 9.88. The van der Waals surface area contributed by atoms with E-state index in [1.807, 2.05) is 0 Å². The van der Waals surface area contributed by atoms with Crippen LogP contribution in [0, 0.1) is 11.8 Å². The van der Waals surface area contributed by atoms with E-state index in [1.54, 1.807) is 0 Å². The highest BCUT2D eigenvalue weighted by Gasteiger charge is 2.25. The van der Waals surface area contributed by atoms with Gasteiger partial charge < -0.3 is 9.80 Å². The SMILES string of the molecule is C(#Cc1ccc(N2Cc3ccc4ccccc4c3-c3c(ccc4ccccc34)C2)cc1)c1ccc(N2Cc3ccc4ccccc4c3-c3c(ccc4ccccc34)C2)cc1. The fraction of sp³-hybridized carbons (Fsp3) is 0.0690. The normalized spacial score (nSPS) is 13.2. The van der Waals surface area contributed by atoms with Crippen molar-refractivity contribution in [3.05, 3.63) is 228 Å². The first-order chi connectivity index (χ1) is 29.7. The molecule has 0 atom stereocenters. The van der Waals surface area contributed by atoms with Crippen LogP contribution in [0.25, 0.3) is 65.3 Å². The van der Waals surface area contributed by atoms with Gasteiger partial charge in [0.1, 0.15) is 0 Å². The third kappa shape index (κ3) is 5.82. The number of hydrogen-bond donors (Lipinski definition) is 0. The molecule has 0 radical (unpaired) electrons. The van der Waals surface area contributed by atoms with Gasteiger partial charge in [0.05, 0.1) is 0 Å². The largest absolute Gasteiger partial charge is 0.363 e. The summed E-state index contributed by atoms with van der Waals surface area (Å²) >= 11 is 0. The van der Waals surface area contributed by atoms with Crippen molar-refractivity contribution in [2.75, 3.05) is 9.80 Å². The van der Waals surface area contributed by atoms with Gasteiger partial charge in [-0.25, -0.2) is 0 Å². The molecule has 0 N–H and O–H groups in total. The van der Waals surface area contributed by atoms with Crippen molar-refractivity contribution in [2.45, 2.75) is 26.2 Å². The van der Waals surface area contributed by atoms with Crippen molar-refractivity contribution in [3.63, 3.8) is 0 Å². The van der Waals surface area contributed by atoms with Gasteiger partial charge in [0.15, 0.2) is 0 Å². The molecule has 0 fully saturated rings. The molecule has 0 saturated heterocycles. The minimum atomic E-state index is 0.835. The molecule has 0 aliphatic carbocycles. The van der Waals surface area contributed by atoms with Gasteiger partial charge in [-0.3, -0.25) is 0 Å². The minimum absolute atomic E-state index is 0.835. The Morgan fingerprint density at radius 1 is 0.267 bits per heavy atom. The van der Waals surface area contributed by atoms with Crippen LogP contribution in [0.1, 0.15) is 33.4 Å². The van der Waals surface area contributed by atoms with Crippen LogP contribution >= 0.6 is 0 Å². The smallest absolute Gasteiger partial charge is 0.0439 e. The highest BCUT2D eigenvalue weighted by Crippen LogP contribution is 2.44. The van der Waals surface area contributed by atoms with Gasteiger partial charge in [-0.15, -0.1) is 0 Å². The predicted molar refractivity (Wildman–Crippen MR) is 252 cm³/mol. The summed E-state index contributed by atoms with van der Waals surface area (Å²) in [5, 5.41) is 10.4. The van der Waals surface area contributed by atoms with Gasteiger partial charge in [0, 0.05) is 48.7 Å². The number of rotatable bonds is 2. The van der Waals surface area contributed by atoms with Crippen LogP contribution in [0.2, 0.25) is 0 Å². The van der Waals surface area contributed by atoms with E-state index < -0.39 is 0 Å². The fourth-order valence-electron chi connectivity index (χ4n) is 9.93. The zero-order chi connectivity index (χ0) is 39.6. The number of fused-ring (bicyclic) bond motifs is 14. The highest BCUT2D eigenvalue weighted by atomic mass is 15.1. The number of nitrogens with zero attached hydrogens (tertiary/aromatic N) is 2. The van der Waals surface area contributed by atoms with Crippen LogP contribution in [-0.2, 0) is 26.2 Å². The van der Waals surface area contributed by atoms with Gasteiger partial charge in [0.2, 0.25) is 0 Å². The molecule has 12 rings (SSSR count). The second kappa shape index (κ2) is 14.0. The molecule has 2 heteroatoms. The maximum absolute atomic E-state index is 3.46. The number of hydrogen-bond acceptors (Lipinski definition) is 2. The molecule has 60 heavy (non-hydrogen) atoms. The Balaban J connectivity index is 0.833. The van der Waals surface area contributed by atoms with Crippen molar-refractivity contribution in [3.8, 4) is 34.1 Å². The van der Waals surface area contributed by atoms with Crippen LogP contribution < -0.4 is 9.80 Å². The van der Waals surface area contributed by atoms with Gasteiger partial charge in [-0.05, 0) is 136 Å². The predicted octanol–water partition coefficient (Wildman–Crippen LogP) is 14.1. The quantitative estimate of drug-likeness (QED) is 0.162. The van der Waals surface area contributed by atoms with Crippen molar-refractivity contribution in [2.24, 2.45) is 0 Å². The summed E-state index contributed by atoms with van der Waals surface area (Å²) < 4.78 is 0. The van der Waals surface area contributed by atoms with E-state index in [0.29, 0.717) is 0 Å². The van der Waals surface area contributed by atoms with E-state index in [2.05, 4.69) is 216 Å². The first-order valence-electron chi connectivity index (χ1n) is 21.0. The average Bonchev–Trinajstić information content (AvgIpc) is 3.60. The average molecular weight is 765 g/mol. The van der Waals surface area contributed by atoms with E-state index in [0.717, 1.165) is 37.3 Å². The Bertz CT molecular complexity index is 2980. The van der Waals surface area contributed by atoms with Crippen LogP contribution in [-0.4, -0.2) is 0 Å². The van der Waals surface area contributed by atoms with E-state index in [4.69, 9.17) is 0 Å². The minimum Gasteiger partial charge on any atom is -0.363 e. The Hall–Kier alpha value is -7.60. The topological polar surface area (TPSA) is 6.48 Å². The summed E-state index contributed by atoms with van der Waals surface area (Å²) in [5.74, 6) is 6.92. The zero-order valence-corrected chi connectivity index (χ0v) is 33.2. The first-order valence-corrected chi connectivity index (χ1v) is 21.0. The standard InChI is InChI=1S/C58H40N2/c1-5-13-51-41(9-1)23-27-45-35-59(36-46-28-24-42-10-2-6-14-52(42)56(46)55(45)51)49-31-19-39(20-32-49)17-18-40-21-33-50(34-22-40)60-37-47-29-25-43-11-3-7-15-53(43)57(47)58-48(38-60)30-26-44-12-4-8-16-54(44)58/h1-16,19-34H,35-38H2. The Labute approximate surface area is 350 Å². The number of anilines is 2. The molecule has 0 amide bonds. The lowest BCUT2D eigenvalue weighted by Crippen LogP contribution is -2.20. The lowest BCUT2D eigenvalue weighted by Gasteiger charge is -2.24.